The van der Waals surface area contributed by atoms with E-state index in [1.165, 1.54) is 18.1 Å². The van der Waals surface area contributed by atoms with Crippen molar-refractivity contribution in [3.8, 4) is 17.2 Å². The third kappa shape index (κ3) is 6.81. The van der Waals surface area contributed by atoms with Crippen LogP contribution in [-0.4, -0.2) is 70.3 Å². The predicted molar refractivity (Wildman–Crippen MR) is 136 cm³/mol. The molecule has 1 atom stereocenters. The first-order valence-corrected chi connectivity index (χ1v) is 13.4. The van der Waals surface area contributed by atoms with Gasteiger partial charge in [0.05, 0.1) is 19.1 Å². The molecule has 1 aliphatic heterocycles. The maximum atomic E-state index is 13.6. The Morgan fingerprint density at radius 2 is 1.75 bits per heavy atom. The summed E-state index contributed by atoms with van der Waals surface area (Å²) in [7, 11) is -2.31. The van der Waals surface area contributed by atoms with Crippen LogP contribution in [0.3, 0.4) is 0 Å². The number of benzene rings is 2. The fourth-order valence-electron chi connectivity index (χ4n) is 3.76. The van der Waals surface area contributed by atoms with Crippen LogP contribution < -0.4 is 23.8 Å². The highest BCUT2D eigenvalue weighted by Crippen LogP contribution is 2.34. The van der Waals surface area contributed by atoms with E-state index in [-0.39, 0.29) is 24.2 Å². The molecule has 3 rings (SSSR count). The van der Waals surface area contributed by atoms with Crippen LogP contribution in [0.25, 0.3) is 0 Å². The van der Waals surface area contributed by atoms with Gasteiger partial charge >= 0.3 is 0 Å². The first-order chi connectivity index (χ1) is 17.0. The number of amides is 2. The first kappa shape index (κ1) is 27.1. The molecule has 36 heavy (non-hydrogen) atoms. The van der Waals surface area contributed by atoms with Crippen molar-refractivity contribution in [3.63, 3.8) is 0 Å². The van der Waals surface area contributed by atoms with Gasteiger partial charge in [-0.1, -0.05) is 12.1 Å². The lowest BCUT2D eigenvalue weighted by molar-refractivity contribution is -0.139. The number of nitrogens with zero attached hydrogens (tertiary/aromatic N) is 2. The second kappa shape index (κ2) is 11.5. The van der Waals surface area contributed by atoms with Gasteiger partial charge in [0.2, 0.25) is 21.8 Å². The van der Waals surface area contributed by atoms with E-state index in [0.29, 0.717) is 30.5 Å². The van der Waals surface area contributed by atoms with Crippen LogP contribution in [0.4, 0.5) is 5.69 Å². The Balaban J connectivity index is 1.93. The van der Waals surface area contributed by atoms with Crippen LogP contribution in [0.5, 0.6) is 17.2 Å². The number of sulfonamides is 1. The lowest BCUT2D eigenvalue weighted by Gasteiger charge is -2.32. The lowest BCUT2D eigenvalue weighted by atomic mass is 10.1. The van der Waals surface area contributed by atoms with Gasteiger partial charge in [-0.15, -0.1) is 0 Å². The van der Waals surface area contributed by atoms with E-state index in [2.05, 4.69) is 5.32 Å². The summed E-state index contributed by atoms with van der Waals surface area (Å²) in [5.41, 5.74) is 0.993. The number of nitrogens with one attached hydrogen (secondary N) is 1. The Kier molecular flexibility index (Phi) is 8.67. The molecule has 0 radical (unpaired) electrons. The summed E-state index contributed by atoms with van der Waals surface area (Å²) in [5, 5.41) is 2.82. The van der Waals surface area contributed by atoms with E-state index < -0.39 is 28.5 Å². The van der Waals surface area contributed by atoms with Gasteiger partial charge < -0.3 is 24.4 Å². The zero-order valence-corrected chi connectivity index (χ0v) is 22.0. The van der Waals surface area contributed by atoms with E-state index in [1.54, 1.807) is 37.3 Å². The molecular formula is C25H33N3O7S. The molecule has 0 saturated carbocycles. The summed E-state index contributed by atoms with van der Waals surface area (Å²) in [4.78, 5) is 27.8. The van der Waals surface area contributed by atoms with Crippen molar-refractivity contribution in [1.29, 1.82) is 0 Å². The van der Waals surface area contributed by atoms with E-state index in [0.717, 1.165) is 16.1 Å². The van der Waals surface area contributed by atoms with Crippen molar-refractivity contribution < 1.29 is 32.2 Å². The van der Waals surface area contributed by atoms with E-state index in [1.807, 2.05) is 19.9 Å². The van der Waals surface area contributed by atoms with Crippen LogP contribution in [0, 0.1) is 0 Å². The summed E-state index contributed by atoms with van der Waals surface area (Å²) < 4.78 is 42.8. The molecule has 0 aliphatic carbocycles. The highest BCUT2D eigenvalue weighted by Gasteiger charge is 2.31. The number of anilines is 1. The maximum absolute atomic E-state index is 13.6. The third-order valence-electron chi connectivity index (χ3n) is 5.58. The summed E-state index contributed by atoms with van der Waals surface area (Å²) in [6.07, 6.45) is 1.03. The third-order valence-corrected chi connectivity index (χ3v) is 6.72. The van der Waals surface area contributed by atoms with Gasteiger partial charge in [-0.25, -0.2) is 8.42 Å². The number of carbonyl (C=O) groups excluding carboxylic acids is 2. The highest BCUT2D eigenvalue weighted by atomic mass is 32.2. The number of hydrogen-bond donors (Lipinski definition) is 1. The first-order valence-electron chi connectivity index (χ1n) is 11.6. The number of rotatable bonds is 10. The van der Waals surface area contributed by atoms with Crippen molar-refractivity contribution >= 4 is 27.5 Å². The number of fused-ring (bicyclic) bond motifs is 1. The zero-order valence-electron chi connectivity index (χ0n) is 21.2. The molecule has 1 N–H and O–H groups in total. The zero-order chi connectivity index (χ0) is 26.5. The Hall–Kier alpha value is -3.47. The Labute approximate surface area is 212 Å². The molecule has 10 nitrogen and oxygen atoms in total. The van der Waals surface area contributed by atoms with Crippen molar-refractivity contribution in [2.45, 2.75) is 39.4 Å². The largest absolute Gasteiger partial charge is 0.497 e. The smallest absolute Gasteiger partial charge is 0.244 e. The average Bonchev–Trinajstić information content (AvgIpc) is 2.84. The molecule has 0 saturated heterocycles. The maximum Gasteiger partial charge on any atom is 0.244 e. The summed E-state index contributed by atoms with van der Waals surface area (Å²) in [6, 6.07) is 10.9. The van der Waals surface area contributed by atoms with Crippen molar-refractivity contribution in [2.24, 2.45) is 0 Å². The Bertz CT molecular complexity index is 1200. The molecule has 2 aromatic rings. The minimum atomic E-state index is -3.85. The SMILES string of the molecule is COc1cccc(CN(C(=O)CN(c2ccc3c(c2)OCCO3)S(C)(=O)=O)[C@H](C)C(=O)NC(C)C)c1. The number of hydrogen-bond acceptors (Lipinski definition) is 7. The Morgan fingerprint density at radius 1 is 1.06 bits per heavy atom. The standard InChI is InChI=1S/C25H33N3O7S/c1-17(2)26-25(30)18(3)27(15-19-7-6-8-21(13-19)33-4)24(29)16-28(36(5,31)32)20-9-10-22-23(14-20)35-12-11-34-22/h6-10,13-14,17-18H,11-12,15-16H2,1-5H3,(H,26,30)/t18-/m1/s1. The van der Waals surface area contributed by atoms with Gasteiger partial charge in [-0.05, 0) is 50.6 Å². The average molecular weight is 520 g/mol. The quantitative estimate of drug-likeness (QED) is 0.512. The van der Waals surface area contributed by atoms with Gasteiger partial charge in [0.1, 0.15) is 31.5 Å². The molecule has 0 bridgehead atoms. The molecular weight excluding hydrogens is 486 g/mol. The molecule has 0 aromatic heterocycles. The topological polar surface area (TPSA) is 114 Å². The molecule has 0 unspecified atom stereocenters. The molecule has 11 heteroatoms. The Morgan fingerprint density at radius 3 is 2.39 bits per heavy atom. The minimum Gasteiger partial charge on any atom is -0.497 e. The second-order valence-corrected chi connectivity index (χ2v) is 10.7. The number of ether oxygens (including phenoxy) is 3. The lowest BCUT2D eigenvalue weighted by Crippen LogP contribution is -2.52. The molecule has 0 fully saturated rings. The van der Waals surface area contributed by atoms with Gasteiger partial charge in [0.25, 0.3) is 0 Å². The van der Waals surface area contributed by atoms with Gasteiger partial charge in [-0.2, -0.15) is 0 Å². The van der Waals surface area contributed by atoms with Crippen molar-refractivity contribution in [1.82, 2.24) is 10.2 Å². The molecule has 2 amide bonds. The molecule has 2 aromatic carbocycles. The molecule has 1 heterocycles. The molecule has 1 aliphatic rings. The summed E-state index contributed by atoms with van der Waals surface area (Å²) in [6.45, 7) is 5.59. The molecule has 0 spiro atoms. The van der Waals surface area contributed by atoms with E-state index in [9.17, 15) is 18.0 Å². The normalized spacial score (nSPS) is 13.6. The highest BCUT2D eigenvalue weighted by molar-refractivity contribution is 7.92. The summed E-state index contributed by atoms with van der Waals surface area (Å²) >= 11 is 0. The predicted octanol–water partition coefficient (Wildman–Crippen LogP) is 2.17. The van der Waals surface area contributed by atoms with Crippen LogP contribution >= 0.6 is 0 Å². The van der Waals surface area contributed by atoms with Crippen molar-refractivity contribution in [2.75, 3.05) is 37.4 Å². The van der Waals surface area contributed by atoms with Crippen LogP contribution in [-0.2, 0) is 26.2 Å². The van der Waals surface area contributed by atoms with Crippen LogP contribution in [0.2, 0.25) is 0 Å². The van der Waals surface area contributed by atoms with Gasteiger partial charge in [0, 0.05) is 18.7 Å². The monoisotopic (exact) mass is 519 g/mol. The second-order valence-electron chi connectivity index (χ2n) is 8.81. The number of carbonyl (C=O) groups is 2. The van der Waals surface area contributed by atoms with Gasteiger partial charge in [-0.3, -0.25) is 13.9 Å². The van der Waals surface area contributed by atoms with Crippen LogP contribution in [0.1, 0.15) is 26.3 Å². The fraction of sp³-hybridized carbons (Fsp3) is 0.440. The van der Waals surface area contributed by atoms with Gasteiger partial charge in [0.15, 0.2) is 11.5 Å². The van der Waals surface area contributed by atoms with E-state index >= 15 is 0 Å². The minimum absolute atomic E-state index is 0.0848. The van der Waals surface area contributed by atoms with Crippen molar-refractivity contribution in [3.05, 3.63) is 48.0 Å². The van der Waals surface area contributed by atoms with E-state index in [4.69, 9.17) is 14.2 Å². The van der Waals surface area contributed by atoms with Crippen LogP contribution in [0.15, 0.2) is 42.5 Å². The number of methoxy groups -OCH3 is 1. The fourth-order valence-corrected chi connectivity index (χ4v) is 4.60. The molecule has 196 valence electrons. The summed E-state index contributed by atoms with van der Waals surface area (Å²) in [5.74, 6) is 0.630.